The van der Waals surface area contributed by atoms with Crippen LogP contribution in [0.3, 0.4) is 0 Å². The van der Waals surface area contributed by atoms with Crippen molar-refractivity contribution in [3.05, 3.63) is 30.3 Å². The van der Waals surface area contributed by atoms with Crippen molar-refractivity contribution in [1.29, 1.82) is 0 Å². The number of amides is 2. The third-order valence-electron chi connectivity index (χ3n) is 3.41. The molecule has 2 amide bonds. The normalized spacial score (nSPS) is 18.6. The molecule has 0 bridgehead atoms. The van der Waals surface area contributed by atoms with E-state index in [-0.39, 0.29) is 6.03 Å². The molecular weight excluding hydrogens is 226 g/mol. The molecule has 0 radical (unpaired) electrons. The first-order chi connectivity index (χ1) is 8.75. The number of nitrogens with zero attached hydrogens (tertiary/aromatic N) is 1. The van der Waals surface area contributed by atoms with Crippen molar-refractivity contribution in [3.63, 3.8) is 0 Å². The Morgan fingerprint density at radius 3 is 2.89 bits per heavy atom. The monoisotopic (exact) mass is 247 g/mol. The molecule has 1 saturated heterocycles. The summed E-state index contributed by atoms with van der Waals surface area (Å²) in [6.07, 6.45) is 2.31. The minimum absolute atomic E-state index is 0.0350. The van der Waals surface area contributed by atoms with Crippen molar-refractivity contribution in [1.82, 2.24) is 10.2 Å². The van der Waals surface area contributed by atoms with E-state index < -0.39 is 0 Å². The van der Waals surface area contributed by atoms with Crippen LogP contribution in [-0.4, -0.2) is 37.6 Å². The van der Waals surface area contributed by atoms with Crippen molar-refractivity contribution < 1.29 is 4.79 Å². The van der Waals surface area contributed by atoms with Crippen LogP contribution in [0.25, 0.3) is 0 Å². The Bertz CT molecular complexity index is 374. The van der Waals surface area contributed by atoms with Crippen LogP contribution >= 0.6 is 0 Å². The average molecular weight is 247 g/mol. The molecule has 98 valence electrons. The fraction of sp³-hybridized carbons (Fsp3) is 0.500. The second-order valence-electron chi connectivity index (χ2n) is 4.87. The van der Waals surface area contributed by atoms with Gasteiger partial charge in [-0.3, -0.25) is 0 Å². The highest BCUT2D eigenvalue weighted by Gasteiger charge is 2.16. The molecule has 1 aliphatic heterocycles. The number of nitrogens with one attached hydrogen (secondary N) is 2. The van der Waals surface area contributed by atoms with Crippen molar-refractivity contribution in [2.45, 2.75) is 12.8 Å². The van der Waals surface area contributed by atoms with E-state index in [1.807, 2.05) is 37.4 Å². The summed E-state index contributed by atoms with van der Waals surface area (Å²) in [5.41, 5.74) is 0.844. The lowest BCUT2D eigenvalue weighted by molar-refractivity contribution is 0.219. The molecule has 2 N–H and O–H groups in total. The summed E-state index contributed by atoms with van der Waals surface area (Å²) in [6, 6.07) is 9.53. The largest absolute Gasteiger partial charge is 0.328 e. The van der Waals surface area contributed by atoms with E-state index in [0.717, 1.165) is 37.7 Å². The molecule has 1 aromatic carbocycles. The highest BCUT2D eigenvalue weighted by atomic mass is 16.2. The molecular formula is C14H21N3O. The van der Waals surface area contributed by atoms with Crippen LogP contribution in [0.4, 0.5) is 10.5 Å². The standard InChI is InChI=1S/C14H21N3O/c1-17(10-8-12-7-9-15-11-12)14(18)16-13-5-3-2-4-6-13/h2-6,12,15H,7-11H2,1H3,(H,16,18). The highest BCUT2D eigenvalue weighted by Crippen LogP contribution is 2.13. The molecule has 4 heteroatoms. The molecule has 1 unspecified atom stereocenters. The lowest BCUT2D eigenvalue weighted by Crippen LogP contribution is -2.33. The smallest absolute Gasteiger partial charge is 0.321 e. The molecule has 18 heavy (non-hydrogen) atoms. The molecule has 0 saturated carbocycles. The number of hydrogen-bond acceptors (Lipinski definition) is 2. The SMILES string of the molecule is CN(CCC1CCNC1)C(=O)Nc1ccccc1. The first-order valence-electron chi connectivity index (χ1n) is 6.53. The van der Waals surface area contributed by atoms with Gasteiger partial charge in [0.05, 0.1) is 0 Å². The zero-order valence-electron chi connectivity index (χ0n) is 10.9. The van der Waals surface area contributed by atoms with E-state index in [0.29, 0.717) is 0 Å². The minimum Gasteiger partial charge on any atom is -0.328 e. The van der Waals surface area contributed by atoms with Crippen molar-refractivity contribution in [2.24, 2.45) is 5.92 Å². The average Bonchev–Trinajstić information content (AvgIpc) is 2.90. The van der Waals surface area contributed by atoms with Crippen molar-refractivity contribution in [2.75, 3.05) is 32.0 Å². The van der Waals surface area contributed by atoms with Crippen LogP contribution in [0.1, 0.15) is 12.8 Å². The number of benzene rings is 1. The molecule has 1 aromatic rings. The number of carbonyl (C=O) groups is 1. The van der Waals surface area contributed by atoms with Gasteiger partial charge in [0.15, 0.2) is 0 Å². The first-order valence-corrected chi connectivity index (χ1v) is 6.53. The second-order valence-corrected chi connectivity index (χ2v) is 4.87. The van der Waals surface area contributed by atoms with E-state index >= 15 is 0 Å². The molecule has 4 nitrogen and oxygen atoms in total. The maximum atomic E-state index is 11.9. The molecule has 1 aliphatic rings. The van der Waals surface area contributed by atoms with Gasteiger partial charge < -0.3 is 15.5 Å². The van der Waals surface area contributed by atoms with Crippen LogP contribution in [0.2, 0.25) is 0 Å². The minimum atomic E-state index is -0.0350. The molecule has 2 rings (SSSR count). The van der Waals surface area contributed by atoms with Crippen LogP contribution in [0.15, 0.2) is 30.3 Å². The fourth-order valence-corrected chi connectivity index (χ4v) is 2.18. The summed E-state index contributed by atoms with van der Waals surface area (Å²) in [6.45, 7) is 3.02. The Morgan fingerprint density at radius 2 is 2.22 bits per heavy atom. The Kier molecular flexibility index (Phi) is 4.59. The van der Waals surface area contributed by atoms with E-state index in [1.54, 1.807) is 4.90 Å². The van der Waals surface area contributed by atoms with Gasteiger partial charge >= 0.3 is 6.03 Å². The van der Waals surface area contributed by atoms with Gasteiger partial charge in [-0.1, -0.05) is 18.2 Å². The zero-order chi connectivity index (χ0) is 12.8. The molecule has 0 aliphatic carbocycles. The van der Waals surface area contributed by atoms with Gasteiger partial charge in [0, 0.05) is 19.3 Å². The summed E-state index contributed by atoms with van der Waals surface area (Å²) in [4.78, 5) is 13.7. The van der Waals surface area contributed by atoms with Gasteiger partial charge in [-0.15, -0.1) is 0 Å². The number of rotatable bonds is 4. The van der Waals surface area contributed by atoms with Gasteiger partial charge in [-0.25, -0.2) is 4.79 Å². The zero-order valence-corrected chi connectivity index (χ0v) is 10.9. The number of anilines is 1. The van der Waals surface area contributed by atoms with E-state index in [2.05, 4.69) is 10.6 Å². The lowest BCUT2D eigenvalue weighted by Gasteiger charge is -2.19. The van der Waals surface area contributed by atoms with Gasteiger partial charge in [0.25, 0.3) is 0 Å². The van der Waals surface area contributed by atoms with Crippen LogP contribution in [0.5, 0.6) is 0 Å². The van der Waals surface area contributed by atoms with Gasteiger partial charge in [0.1, 0.15) is 0 Å². The summed E-state index contributed by atoms with van der Waals surface area (Å²) in [7, 11) is 1.85. The van der Waals surface area contributed by atoms with Crippen molar-refractivity contribution in [3.8, 4) is 0 Å². The second kappa shape index (κ2) is 6.40. The predicted molar refractivity (Wildman–Crippen MR) is 73.7 cm³/mol. The number of para-hydroxylation sites is 1. The third-order valence-corrected chi connectivity index (χ3v) is 3.41. The maximum Gasteiger partial charge on any atom is 0.321 e. The summed E-state index contributed by atoms with van der Waals surface area (Å²) in [5.74, 6) is 0.719. The van der Waals surface area contributed by atoms with Crippen molar-refractivity contribution >= 4 is 11.7 Å². The molecule has 1 atom stereocenters. The fourth-order valence-electron chi connectivity index (χ4n) is 2.18. The van der Waals surface area contributed by atoms with Gasteiger partial charge in [-0.05, 0) is 44.0 Å². The Morgan fingerprint density at radius 1 is 1.44 bits per heavy atom. The quantitative estimate of drug-likeness (QED) is 0.856. The lowest BCUT2D eigenvalue weighted by atomic mass is 10.1. The Hall–Kier alpha value is -1.55. The van der Waals surface area contributed by atoms with E-state index in [1.165, 1.54) is 6.42 Å². The van der Waals surface area contributed by atoms with Crippen LogP contribution in [0, 0.1) is 5.92 Å². The topological polar surface area (TPSA) is 44.4 Å². The van der Waals surface area contributed by atoms with E-state index in [9.17, 15) is 4.79 Å². The molecule has 0 spiro atoms. The summed E-state index contributed by atoms with van der Waals surface area (Å²) in [5, 5.41) is 6.23. The Labute approximate surface area is 108 Å². The van der Waals surface area contributed by atoms with E-state index in [4.69, 9.17) is 0 Å². The number of carbonyl (C=O) groups excluding carboxylic acids is 1. The predicted octanol–water partition coefficient (Wildman–Crippen LogP) is 2.15. The number of hydrogen-bond donors (Lipinski definition) is 2. The van der Waals surface area contributed by atoms with Gasteiger partial charge in [-0.2, -0.15) is 0 Å². The van der Waals surface area contributed by atoms with Crippen LogP contribution in [-0.2, 0) is 0 Å². The summed E-state index contributed by atoms with van der Waals surface area (Å²) >= 11 is 0. The Balaban J connectivity index is 1.74. The molecule has 1 heterocycles. The molecule has 1 fully saturated rings. The van der Waals surface area contributed by atoms with Crippen LogP contribution < -0.4 is 10.6 Å². The molecule has 0 aromatic heterocycles. The first kappa shape index (κ1) is 12.9. The summed E-state index contributed by atoms with van der Waals surface area (Å²) < 4.78 is 0. The van der Waals surface area contributed by atoms with Gasteiger partial charge in [0.2, 0.25) is 0 Å². The highest BCUT2D eigenvalue weighted by molar-refractivity contribution is 5.89. The maximum absolute atomic E-state index is 11.9. The third kappa shape index (κ3) is 3.74. The number of urea groups is 1.